The lowest BCUT2D eigenvalue weighted by molar-refractivity contribution is -0.130. The van der Waals surface area contributed by atoms with Gasteiger partial charge in [0.2, 0.25) is 11.8 Å². The molecule has 0 aromatic heterocycles. The largest absolute Gasteiger partial charge is 0.482 e. The van der Waals surface area contributed by atoms with Crippen LogP contribution in [0, 0.1) is 17.8 Å². The summed E-state index contributed by atoms with van der Waals surface area (Å²) in [6.45, 7) is 7.86. The third kappa shape index (κ3) is 6.44. The molecule has 0 bridgehead atoms. The number of nitrogens with one attached hydrogen (secondary N) is 2. The van der Waals surface area contributed by atoms with Crippen LogP contribution in [-0.2, 0) is 23.9 Å². The fraction of sp³-hybridized carbons (Fsp3) is 0.700. The van der Waals surface area contributed by atoms with Gasteiger partial charge >= 0.3 is 0 Å². The average molecular weight is 557 g/mol. The Labute approximate surface area is 237 Å². The highest BCUT2D eigenvalue weighted by Crippen LogP contribution is 2.40. The number of hydrogen-bond acceptors (Lipinski definition) is 7. The second-order valence-corrected chi connectivity index (χ2v) is 12.2. The third-order valence-corrected chi connectivity index (χ3v) is 8.80. The van der Waals surface area contributed by atoms with Gasteiger partial charge in [0.1, 0.15) is 5.75 Å². The second kappa shape index (κ2) is 12.4. The van der Waals surface area contributed by atoms with Gasteiger partial charge in [-0.25, -0.2) is 0 Å². The molecule has 40 heavy (non-hydrogen) atoms. The number of nitrogens with zero attached hydrogens (tertiary/aromatic N) is 2. The normalized spacial score (nSPS) is 23.8. The lowest BCUT2D eigenvalue weighted by Crippen LogP contribution is -2.55. The van der Waals surface area contributed by atoms with Crippen LogP contribution >= 0.6 is 0 Å². The summed E-state index contributed by atoms with van der Waals surface area (Å²) in [5.74, 6) is 0.391. The molecule has 3 aliphatic heterocycles. The Kier molecular flexibility index (Phi) is 8.97. The van der Waals surface area contributed by atoms with Gasteiger partial charge in [-0.3, -0.25) is 14.4 Å². The van der Waals surface area contributed by atoms with E-state index >= 15 is 0 Å². The topological polar surface area (TPSA) is 109 Å². The van der Waals surface area contributed by atoms with Gasteiger partial charge in [0.15, 0.2) is 6.61 Å². The van der Waals surface area contributed by atoms with Crippen LogP contribution in [0.3, 0.4) is 0 Å². The molecule has 1 aliphatic carbocycles. The van der Waals surface area contributed by atoms with E-state index in [1.165, 1.54) is 0 Å². The summed E-state index contributed by atoms with van der Waals surface area (Å²) in [5, 5.41) is 6.65. The fourth-order valence-corrected chi connectivity index (χ4v) is 6.27. The number of methoxy groups -OCH3 is 1. The standard InChI is InChI=1S/C30H44N4O6/c1-30(2,22-9-13-39-14-10-22)32-28(36)20-15-21(18-31-17-20)29(37)34(23-5-6-23)24-7-8-26-25(16-24)33(11-4-12-38-3)27(35)19-40-26/h7-8,16,20-23,31H,4-6,9-15,17-19H2,1-3H3,(H,32,36)/t20-,21+/m0/s1. The molecule has 220 valence electrons. The zero-order valence-electron chi connectivity index (χ0n) is 24.1. The van der Waals surface area contributed by atoms with Crippen LogP contribution in [0.2, 0.25) is 0 Å². The summed E-state index contributed by atoms with van der Waals surface area (Å²) in [6, 6.07) is 5.81. The van der Waals surface area contributed by atoms with Crippen LogP contribution in [0.4, 0.5) is 11.4 Å². The van der Waals surface area contributed by atoms with Crippen molar-refractivity contribution in [1.82, 2.24) is 10.6 Å². The average Bonchev–Trinajstić information content (AvgIpc) is 3.80. The third-order valence-electron chi connectivity index (χ3n) is 8.80. The van der Waals surface area contributed by atoms with Crippen molar-refractivity contribution in [3.63, 3.8) is 0 Å². The van der Waals surface area contributed by atoms with Gasteiger partial charge < -0.3 is 34.6 Å². The van der Waals surface area contributed by atoms with Crippen molar-refractivity contribution in [1.29, 1.82) is 0 Å². The van der Waals surface area contributed by atoms with Gasteiger partial charge in [-0.15, -0.1) is 0 Å². The lowest BCUT2D eigenvalue weighted by atomic mass is 9.80. The molecule has 3 amide bonds. The summed E-state index contributed by atoms with van der Waals surface area (Å²) < 4.78 is 16.4. The molecular formula is C30H44N4O6. The monoisotopic (exact) mass is 556 g/mol. The number of anilines is 2. The first kappa shape index (κ1) is 28.8. The molecule has 1 saturated carbocycles. The summed E-state index contributed by atoms with van der Waals surface area (Å²) in [4.78, 5) is 43.7. The second-order valence-electron chi connectivity index (χ2n) is 12.2. The molecule has 2 atom stereocenters. The molecule has 10 nitrogen and oxygen atoms in total. The maximum Gasteiger partial charge on any atom is 0.265 e. The van der Waals surface area contributed by atoms with E-state index in [0.717, 1.165) is 44.6 Å². The van der Waals surface area contributed by atoms with E-state index in [2.05, 4.69) is 24.5 Å². The van der Waals surface area contributed by atoms with Crippen molar-refractivity contribution in [2.24, 2.45) is 17.8 Å². The number of piperidine rings is 1. The van der Waals surface area contributed by atoms with Crippen LogP contribution in [0.5, 0.6) is 5.75 Å². The van der Waals surface area contributed by atoms with E-state index in [1.54, 1.807) is 12.0 Å². The van der Waals surface area contributed by atoms with Crippen LogP contribution in [0.15, 0.2) is 18.2 Å². The summed E-state index contributed by atoms with van der Waals surface area (Å²) in [5.41, 5.74) is 1.14. The van der Waals surface area contributed by atoms with Crippen molar-refractivity contribution in [3.8, 4) is 5.75 Å². The number of fused-ring (bicyclic) bond motifs is 1. The van der Waals surface area contributed by atoms with Crippen LogP contribution < -0.4 is 25.2 Å². The van der Waals surface area contributed by atoms with Gasteiger partial charge in [-0.1, -0.05) is 0 Å². The van der Waals surface area contributed by atoms with Crippen molar-refractivity contribution in [2.45, 2.75) is 64.0 Å². The Morgan fingerprint density at radius 1 is 1.15 bits per heavy atom. The van der Waals surface area contributed by atoms with Gasteiger partial charge in [0.25, 0.3) is 5.91 Å². The predicted molar refractivity (Wildman–Crippen MR) is 152 cm³/mol. The van der Waals surface area contributed by atoms with E-state index in [-0.39, 0.29) is 47.7 Å². The molecule has 0 unspecified atom stereocenters. The van der Waals surface area contributed by atoms with Gasteiger partial charge in [0, 0.05) is 63.8 Å². The van der Waals surface area contributed by atoms with Gasteiger partial charge in [-0.05, 0) is 76.5 Å². The first-order valence-corrected chi connectivity index (χ1v) is 14.8. The Morgan fingerprint density at radius 3 is 2.62 bits per heavy atom. The Bertz CT molecular complexity index is 1080. The molecule has 10 heteroatoms. The quantitative estimate of drug-likeness (QED) is 0.426. The van der Waals surface area contributed by atoms with E-state index in [1.807, 2.05) is 23.1 Å². The number of amides is 3. The minimum Gasteiger partial charge on any atom is -0.482 e. The van der Waals surface area contributed by atoms with Crippen molar-refractivity contribution < 1.29 is 28.6 Å². The number of ether oxygens (including phenoxy) is 3. The molecule has 4 aliphatic rings. The molecule has 3 fully saturated rings. The lowest BCUT2D eigenvalue weighted by Gasteiger charge is -2.39. The van der Waals surface area contributed by atoms with Crippen LogP contribution in [0.1, 0.15) is 52.4 Å². The van der Waals surface area contributed by atoms with E-state index in [9.17, 15) is 14.4 Å². The van der Waals surface area contributed by atoms with E-state index in [4.69, 9.17) is 14.2 Å². The molecule has 0 spiro atoms. The number of rotatable bonds is 10. The Hall–Kier alpha value is -2.69. The Balaban J connectivity index is 1.29. The van der Waals surface area contributed by atoms with Gasteiger partial charge in [-0.2, -0.15) is 0 Å². The first-order valence-electron chi connectivity index (χ1n) is 14.8. The molecule has 1 aromatic carbocycles. The van der Waals surface area contributed by atoms with E-state index < -0.39 is 0 Å². The molecular weight excluding hydrogens is 512 g/mol. The highest BCUT2D eigenvalue weighted by Gasteiger charge is 2.41. The van der Waals surface area contributed by atoms with Crippen LogP contribution in [-0.4, -0.2) is 82.5 Å². The maximum atomic E-state index is 14.0. The highest BCUT2D eigenvalue weighted by molar-refractivity contribution is 6.01. The summed E-state index contributed by atoms with van der Waals surface area (Å²) >= 11 is 0. The minimum absolute atomic E-state index is 0.00707. The molecule has 0 radical (unpaired) electrons. The van der Waals surface area contributed by atoms with Gasteiger partial charge in [0.05, 0.1) is 17.5 Å². The molecule has 3 heterocycles. The van der Waals surface area contributed by atoms with Crippen molar-refractivity contribution in [3.05, 3.63) is 18.2 Å². The zero-order valence-corrected chi connectivity index (χ0v) is 24.1. The molecule has 2 saturated heterocycles. The van der Waals surface area contributed by atoms with Crippen molar-refractivity contribution in [2.75, 3.05) is 63.0 Å². The number of benzene rings is 1. The predicted octanol–water partition coefficient (Wildman–Crippen LogP) is 2.49. The number of carbonyl (C=O) groups excluding carboxylic acids is 3. The first-order chi connectivity index (χ1) is 19.3. The summed E-state index contributed by atoms with van der Waals surface area (Å²) in [6.07, 6.45) is 4.99. The zero-order chi connectivity index (χ0) is 28.3. The SMILES string of the molecule is COCCCN1C(=O)COc2ccc(N(C(=O)[C@H]3CNC[C@@H](C(=O)NC(C)(C)C4CCOCC4)C3)C3CC3)cc21. The fourth-order valence-electron chi connectivity index (χ4n) is 6.27. The number of hydrogen-bond donors (Lipinski definition) is 2. The highest BCUT2D eigenvalue weighted by atomic mass is 16.5. The molecule has 1 aromatic rings. The minimum atomic E-state index is -0.324. The summed E-state index contributed by atoms with van der Waals surface area (Å²) in [7, 11) is 1.65. The van der Waals surface area contributed by atoms with E-state index in [0.29, 0.717) is 56.4 Å². The molecule has 2 N–H and O–H groups in total. The van der Waals surface area contributed by atoms with Crippen molar-refractivity contribution >= 4 is 29.1 Å². The Morgan fingerprint density at radius 2 is 1.90 bits per heavy atom. The number of carbonyl (C=O) groups is 3. The smallest absolute Gasteiger partial charge is 0.265 e. The maximum absolute atomic E-state index is 14.0. The van der Waals surface area contributed by atoms with Crippen LogP contribution in [0.25, 0.3) is 0 Å². The molecule has 5 rings (SSSR count).